The summed E-state index contributed by atoms with van der Waals surface area (Å²) in [4.78, 5) is 41.1. The molecule has 0 aliphatic carbocycles. The van der Waals surface area contributed by atoms with Crippen molar-refractivity contribution in [3.63, 3.8) is 0 Å². The number of rotatable bonds is 2. The molecule has 0 saturated carbocycles. The van der Waals surface area contributed by atoms with E-state index in [1.807, 2.05) is 11.9 Å². The molecule has 1 aliphatic rings. The average molecular weight is 266 g/mol. The van der Waals surface area contributed by atoms with Gasteiger partial charge in [-0.15, -0.1) is 0 Å². The van der Waals surface area contributed by atoms with E-state index in [4.69, 9.17) is 5.73 Å². The van der Waals surface area contributed by atoms with Gasteiger partial charge in [0.2, 0.25) is 0 Å². The van der Waals surface area contributed by atoms with Crippen molar-refractivity contribution >= 4 is 11.6 Å². The van der Waals surface area contributed by atoms with Crippen LogP contribution in [-0.4, -0.2) is 33.4 Å². The van der Waals surface area contributed by atoms with Gasteiger partial charge in [-0.25, -0.2) is 4.79 Å². The van der Waals surface area contributed by atoms with Crippen molar-refractivity contribution < 1.29 is 4.79 Å². The third-order valence-electron chi connectivity index (χ3n) is 3.55. The van der Waals surface area contributed by atoms with E-state index in [0.29, 0.717) is 6.54 Å². The van der Waals surface area contributed by atoms with Gasteiger partial charge in [-0.3, -0.25) is 14.6 Å². The minimum atomic E-state index is -0.725. The van der Waals surface area contributed by atoms with E-state index in [1.54, 1.807) is 4.90 Å². The third kappa shape index (κ3) is 2.54. The number of nitrogens with one attached hydrogen (secondary N) is 2. The molecule has 1 fully saturated rings. The number of anilines is 1. The van der Waals surface area contributed by atoms with Crippen molar-refractivity contribution in [3.8, 4) is 0 Å². The molecule has 2 rings (SSSR count). The molecular formula is C12H18N4O3. The number of hydrogen-bond acceptors (Lipinski definition) is 4. The molecule has 7 heteroatoms. The number of nitrogen functional groups attached to an aromatic ring is 1. The van der Waals surface area contributed by atoms with E-state index in [2.05, 4.69) is 4.98 Å². The lowest BCUT2D eigenvalue weighted by atomic mass is 9.99. The van der Waals surface area contributed by atoms with Crippen LogP contribution in [0.15, 0.2) is 9.59 Å². The van der Waals surface area contributed by atoms with E-state index in [0.717, 1.165) is 25.7 Å². The van der Waals surface area contributed by atoms with Crippen LogP contribution < -0.4 is 17.0 Å². The number of hydrogen-bond donors (Lipinski definition) is 3. The van der Waals surface area contributed by atoms with Crippen molar-refractivity contribution in [2.45, 2.75) is 38.6 Å². The molecule has 0 bridgehead atoms. The van der Waals surface area contributed by atoms with E-state index < -0.39 is 11.2 Å². The molecule has 1 saturated heterocycles. The number of carbonyl (C=O) groups excluding carboxylic acids is 1. The summed E-state index contributed by atoms with van der Waals surface area (Å²) >= 11 is 0. The van der Waals surface area contributed by atoms with Gasteiger partial charge in [0.05, 0.1) is 0 Å². The zero-order valence-corrected chi connectivity index (χ0v) is 10.9. The first-order valence-corrected chi connectivity index (χ1v) is 6.47. The summed E-state index contributed by atoms with van der Waals surface area (Å²) in [5.41, 5.74) is 3.81. The fourth-order valence-corrected chi connectivity index (χ4v) is 2.50. The first kappa shape index (κ1) is 13.4. The monoisotopic (exact) mass is 266 g/mol. The summed E-state index contributed by atoms with van der Waals surface area (Å²) in [5, 5.41) is 0. The maximum absolute atomic E-state index is 12.4. The number of piperidine rings is 1. The Hall–Kier alpha value is -2.05. The summed E-state index contributed by atoms with van der Waals surface area (Å²) in [7, 11) is 0. The van der Waals surface area contributed by atoms with Crippen molar-refractivity contribution in [2.24, 2.45) is 0 Å². The van der Waals surface area contributed by atoms with Crippen molar-refractivity contribution in [1.29, 1.82) is 0 Å². The zero-order valence-electron chi connectivity index (χ0n) is 10.9. The Labute approximate surface area is 109 Å². The highest BCUT2D eigenvalue weighted by atomic mass is 16.2. The van der Waals surface area contributed by atoms with Gasteiger partial charge in [0.1, 0.15) is 11.4 Å². The van der Waals surface area contributed by atoms with E-state index in [9.17, 15) is 14.4 Å². The second-order valence-electron chi connectivity index (χ2n) is 4.75. The SMILES string of the molecule is CCC1CCCCN1C(=O)c1[nH]c(=O)[nH]c(=O)c1N. The molecule has 104 valence electrons. The van der Waals surface area contributed by atoms with Crippen LogP contribution >= 0.6 is 0 Å². The highest BCUT2D eigenvalue weighted by Gasteiger charge is 2.28. The minimum Gasteiger partial charge on any atom is -0.392 e. The Morgan fingerprint density at radius 3 is 2.79 bits per heavy atom. The van der Waals surface area contributed by atoms with Crippen LogP contribution in [0, 0.1) is 0 Å². The van der Waals surface area contributed by atoms with Crippen molar-refractivity contribution in [2.75, 3.05) is 12.3 Å². The van der Waals surface area contributed by atoms with Crippen molar-refractivity contribution in [3.05, 3.63) is 26.5 Å². The maximum atomic E-state index is 12.4. The fourth-order valence-electron chi connectivity index (χ4n) is 2.50. The van der Waals surface area contributed by atoms with Crippen LogP contribution in [0.4, 0.5) is 5.69 Å². The number of aromatic nitrogens is 2. The first-order chi connectivity index (χ1) is 9.04. The van der Waals surface area contributed by atoms with Gasteiger partial charge in [0.15, 0.2) is 0 Å². The largest absolute Gasteiger partial charge is 0.392 e. The molecule has 0 spiro atoms. The third-order valence-corrected chi connectivity index (χ3v) is 3.55. The number of amides is 1. The molecule has 19 heavy (non-hydrogen) atoms. The van der Waals surface area contributed by atoms with Crippen LogP contribution in [0.2, 0.25) is 0 Å². The lowest BCUT2D eigenvalue weighted by Gasteiger charge is -2.35. The number of H-pyrrole nitrogens is 2. The summed E-state index contributed by atoms with van der Waals surface area (Å²) in [6, 6.07) is 0.142. The minimum absolute atomic E-state index is 0.103. The highest BCUT2D eigenvalue weighted by Crippen LogP contribution is 2.21. The van der Waals surface area contributed by atoms with E-state index in [1.165, 1.54) is 0 Å². The van der Waals surface area contributed by atoms with Gasteiger partial charge in [0, 0.05) is 12.6 Å². The Kier molecular flexibility index (Phi) is 3.73. The molecule has 7 nitrogen and oxygen atoms in total. The van der Waals surface area contributed by atoms with E-state index in [-0.39, 0.29) is 23.3 Å². The second-order valence-corrected chi connectivity index (χ2v) is 4.75. The number of nitrogens with two attached hydrogens (primary N) is 1. The molecule has 1 aromatic heterocycles. The van der Waals surface area contributed by atoms with Gasteiger partial charge < -0.3 is 15.6 Å². The van der Waals surface area contributed by atoms with Gasteiger partial charge in [-0.2, -0.15) is 0 Å². The number of likely N-dealkylation sites (tertiary alicyclic amines) is 1. The molecule has 1 unspecified atom stereocenters. The smallest absolute Gasteiger partial charge is 0.326 e. The second kappa shape index (κ2) is 5.29. The average Bonchev–Trinajstić information content (AvgIpc) is 2.42. The first-order valence-electron chi connectivity index (χ1n) is 6.47. The Morgan fingerprint density at radius 2 is 2.11 bits per heavy atom. The lowest BCUT2D eigenvalue weighted by Crippen LogP contribution is -2.45. The lowest BCUT2D eigenvalue weighted by molar-refractivity contribution is 0.0602. The molecule has 1 aromatic rings. The van der Waals surface area contributed by atoms with Gasteiger partial charge in [0.25, 0.3) is 11.5 Å². The van der Waals surface area contributed by atoms with Crippen LogP contribution in [0.1, 0.15) is 43.1 Å². The molecule has 1 aliphatic heterocycles. The molecule has 1 amide bonds. The van der Waals surface area contributed by atoms with Crippen LogP contribution in [0.3, 0.4) is 0 Å². The Morgan fingerprint density at radius 1 is 1.37 bits per heavy atom. The van der Waals surface area contributed by atoms with Gasteiger partial charge in [-0.1, -0.05) is 6.92 Å². The number of nitrogens with zero attached hydrogens (tertiary/aromatic N) is 1. The van der Waals surface area contributed by atoms with Crippen molar-refractivity contribution in [1.82, 2.24) is 14.9 Å². The van der Waals surface area contributed by atoms with Gasteiger partial charge >= 0.3 is 5.69 Å². The van der Waals surface area contributed by atoms with Gasteiger partial charge in [-0.05, 0) is 25.7 Å². The highest BCUT2D eigenvalue weighted by molar-refractivity contribution is 5.97. The molecule has 0 radical (unpaired) electrons. The van der Waals surface area contributed by atoms with Crippen LogP contribution in [0.25, 0.3) is 0 Å². The Bertz CT molecular complexity index is 589. The summed E-state index contributed by atoms with van der Waals surface area (Å²) in [6.07, 6.45) is 3.80. The molecule has 2 heterocycles. The summed E-state index contributed by atoms with van der Waals surface area (Å²) < 4.78 is 0. The maximum Gasteiger partial charge on any atom is 0.326 e. The predicted molar refractivity (Wildman–Crippen MR) is 71.1 cm³/mol. The predicted octanol–water partition coefficient (Wildman–Crippen LogP) is 0.0501. The van der Waals surface area contributed by atoms with Crippen LogP contribution in [-0.2, 0) is 0 Å². The molecule has 1 atom stereocenters. The fraction of sp³-hybridized carbons (Fsp3) is 0.583. The number of aromatic amines is 2. The molecular weight excluding hydrogens is 248 g/mol. The summed E-state index contributed by atoms with van der Waals surface area (Å²) in [5.74, 6) is -0.368. The Balaban J connectivity index is 2.38. The summed E-state index contributed by atoms with van der Waals surface area (Å²) in [6.45, 7) is 2.64. The van der Waals surface area contributed by atoms with E-state index >= 15 is 0 Å². The standard InChI is InChI=1S/C12H18N4O3/c1-2-7-5-3-4-6-16(7)11(18)9-8(13)10(17)15-12(19)14-9/h7H,2-6,13H2,1H3,(H2,14,15,17,19). The number of carbonyl (C=O) groups is 1. The molecule has 0 aromatic carbocycles. The normalized spacial score (nSPS) is 19.4. The molecule has 4 N–H and O–H groups in total. The topological polar surface area (TPSA) is 112 Å². The van der Waals surface area contributed by atoms with Crippen LogP contribution in [0.5, 0.6) is 0 Å². The quantitative estimate of drug-likeness (QED) is 0.702. The zero-order chi connectivity index (χ0) is 14.0.